The van der Waals surface area contributed by atoms with Crippen molar-refractivity contribution in [1.82, 2.24) is 10.3 Å². The van der Waals surface area contributed by atoms with Crippen LogP contribution in [0.3, 0.4) is 0 Å². The van der Waals surface area contributed by atoms with Gasteiger partial charge in [-0.05, 0) is 43.0 Å². The van der Waals surface area contributed by atoms with Crippen LogP contribution in [-0.2, 0) is 14.3 Å². The van der Waals surface area contributed by atoms with Gasteiger partial charge in [0.05, 0.1) is 17.7 Å². The molecule has 0 spiro atoms. The summed E-state index contributed by atoms with van der Waals surface area (Å²) in [6.45, 7) is 5.04. The number of ether oxygens (including phenoxy) is 2. The first-order valence-electron chi connectivity index (χ1n) is 13.6. The Bertz CT molecular complexity index is 1360. The highest BCUT2D eigenvalue weighted by Gasteiger charge is 2.44. The lowest BCUT2D eigenvalue weighted by Gasteiger charge is -2.19. The van der Waals surface area contributed by atoms with Crippen LogP contribution < -0.4 is 21.1 Å². The van der Waals surface area contributed by atoms with Gasteiger partial charge in [-0.15, -0.1) is 0 Å². The fraction of sp³-hybridized carbons (Fsp3) is 0.448. The first kappa shape index (κ1) is 32.1. The highest BCUT2D eigenvalue weighted by atomic mass is 19.1. The summed E-state index contributed by atoms with van der Waals surface area (Å²) in [5.41, 5.74) is 6.00. The average molecular weight is 584 g/mol. The number of benzene rings is 1. The van der Waals surface area contributed by atoms with Gasteiger partial charge in [-0.25, -0.2) is 14.2 Å². The third-order valence-electron chi connectivity index (χ3n) is 6.68. The molecule has 12 nitrogen and oxygen atoms in total. The van der Waals surface area contributed by atoms with Crippen LogP contribution in [0.15, 0.2) is 30.5 Å². The SMILES string of the molecule is CCC(=O)c1ccc(F)c(C2CC2NC(=O)Nc2ccc(C#N)cn2)c1OC(O)C(=O)CCCOC(=O)[C@@H](N)C(C)C. The molecule has 0 saturated heterocycles. The number of Topliss-reactive ketones (excluding diaryl/α,β-unsaturated/α-hetero) is 2. The molecule has 224 valence electrons. The van der Waals surface area contributed by atoms with E-state index >= 15 is 4.39 Å². The van der Waals surface area contributed by atoms with E-state index in [9.17, 15) is 24.3 Å². The number of nitrogens with two attached hydrogens (primary N) is 1. The highest BCUT2D eigenvalue weighted by molar-refractivity contribution is 5.99. The van der Waals surface area contributed by atoms with Gasteiger partial charge in [-0.1, -0.05) is 20.8 Å². The zero-order valence-corrected chi connectivity index (χ0v) is 23.6. The van der Waals surface area contributed by atoms with Crippen LogP contribution in [0, 0.1) is 23.1 Å². The van der Waals surface area contributed by atoms with E-state index in [0.29, 0.717) is 12.0 Å². The van der Waals surface area contributed by atoms with Crippen LogP contribution in [-0.4, -0.2) is 58.6 Å². The van der Waals surface area contributed by atoms with Gasteiger partial charge in [-0.2, -0.15) is 5.26 Å². The highest BCUT2D eigenvalue weighted by Crippen LogP contribution is 2.47. The summed E-state index contributed by atoms with van der Waals surface area (Å²) in [5, 5.41) is 24.6. The molecule has 1 heterocycles. The number of anilines is 1. The summed E-state index contributed by atoms with van der Waals surface area (Å²) < 4.78 is 25.7. The minimum absolute atomic E-state index is 0.00534. The van der Waals surface area contributed by atoms with Crippen molar-refractivity contribution in [2.75, 3.05) is 11.9 Å². The molecule has 1 fully saturated rings. The second-order valence-corrected chi connectivity index (χ2v) is 10.2. The number of urea groups is 1. The van der Waals surface area contributed by atoms with Crippen LogP contribution in [0.1, 0.15) is 73.9 Å². The maximum Gasteiger partial charge on any atom is 0.323 e. The Kier molecular flexibility index (Phi) is 11.1. The topological polar surface area (TPSA) is 194 Å². The number of ketones is 2. The molecule has 3 unspecified atom stereocenters. The maximum absolute atomic E-state index is 15.1. The number of halogens is 1. The lowest BCUT2D eigenvalue weighted by molar-refractivity contribution is -0.148. The average Bonchev–Trinajstić information content (AvgIpc) is 3.72. The number of hydrogen-bond donors (Lipinski definition) is 4. The molecule has 2 aromatic rings. The van der Waals surface area contributed by atoms with Gasteiger partial charge in [0.15, 0.2) is 5.78 Å². The number of nitrogens with zero attached hydrogens (tertiary/aromatic N) is 2. The number of pyridine rings is 1. The zero-order chi connectivity index (χ0) is 31.0. The largest absolute Gasteiger partial charge is 0.465 e. The molecule has 0 bridgehead atoms. The number of nitriles is 1. The molecule has 13 heteroatoms. The summed E-state index contributed by atoms with van der Waals surface area (Å²) in [6, 6.07) is 5.24. The van der Waals surface area contributed by atoms with Gasteiger partial charge in [-0.3, -0.25) is 19.7 Å². The van der Waals surface area contributed by atoms with Gasteiger partial charge >= 0.3 is 12.0 Å². The standard InChI is InChI=1S/C29H34FN5O7/c1-4-21(36)17-8-9-19(30)24(18-12-20(18)34-29(40)35-23-10-7-16(13-31)14-33-23)26(17)42-27(38)22(37)6-5-11-41-28(39)25(32)15(2)3/h7-10,14-15,18,20,25,27,38H,4-6,11-12,32H2,1-3H3,(H2,33,34,35,40)/t18?,20?,25-,27?/m0/s1. The molecule has 0 radical (unpaired) electrons. The van der Waals surface area contributed by atoms with Crippen molar-refractivity contribution < 1.29 is 38.1 Å². The molecule has 4 atom stereocenters. The molecule has 1 aliphatic rings. The van der Waals surface area contributed by atoms with Crippen molar-refractivity contribution >= 4 is 29.4 Å². The van der Waals surface area contributed by atoms with E-state index in [4.69, 9.17) is 20.5 Å². The second-order valence-electron chi connectivity index (χ2n) is 10.2. The van der Waals surface area contributed by atoms with E-state index in [-0.39, 0.29) is 54.5 Å². The normalized spacial score (nSPS) is 17.0. The quantitative estimate of drug-likeness (QED) is 0.111. The van der Waals surface area contributed by atoms with Crippen molar-refractivity contribution in [2.45, 2.75) is 70.7 Å². The Hall–Kier alpha value is -4.41. The molecule has 5 N–H and O–H groups in total. The summed E-state index contributed by atoms with van der Waals surface area (Å²) in [6.07, 6.45) is -0.486. The van der Waals surface area contributed by atoms with E-state index < -0.39 is 53.7 Å². The van der Waals surface area contributed by atoms with Crippen LogP contribution >= 0.6 is 0 Å². The third kappa shape index (κ3) is 8.31. The van der Waals surface area contributed by atoms with Gasteiger partial charge in [0.2, 0.25) is 5.78 Å². The third-order valence-corrected chi connectivity index (χ3v) is 6.68. The lowest BCUT2D eigenvalue weighted by atomic mass is 9.99. The van der Waals surface area contributed by atoms with Crippen LogP contribution in [0.2, 0.25) is 0 Å². The fourth-order valence-electron chi connectivity index (χ4n) is 4.07. The predicted molar refractivity (Wildman–Crippen MR) is 148 cm³/mol. The number of aliphatic hydroxyl groups is 1. The fourth-order valence-corrected chi connectivity index (χ4v) is 4.07. The minimum Gasteiger partial charge on any atom is -0.465 e. The summed E-state index contributed by atoms with van der Waals surface area (Å²) in [5.74, 6) is -3.27. The van der Waals surface area contributed by atoms with Crippen molar-refractivity contribution in [1.29, 1.82) is 5.26 Å². The van der Waals surface area contributed by atoms with E-state index in [1.54, 1.807) is 20.8 Å². The Labute approximate surface area is 242 Å². The zero-order valence-electron chi connectivity index (χ0n) is 23.6. The van der Waals surface area contributed by atoms with Crippen molar-refractivity contribution in [3.63, 3.8) is 0 Å². The Morgan fingerprint density at radius 3 is 2.60 bits per heavy atom. The van der Waals surface area contributed by atoms with E-state index in [1.165, 1.54) is 24.4 Å². The Morgan fingerprint density at radius 1 is 1.24 bits per heavy atom. The van der Waals surface area contributed by atoms with Crippen molar-refractivity contribution in [2.24, 2.45) is 11.7 Å². The van der Waals surface area contributed by atoms with Gasteiger partial charge < -0.3 is 25.6 Å². The van der Waals surface area contributed by atoms with Gasteiger partial charge in [0.1, 0.15) is 29.5 Å². The van der Waals surface area contributed by atoms with Crippen LogP contribution in [0.4, 0.5) is 15.0 Å². The van der Waals surface area contributed by atoms with Crippen LogP contribution in [0.5, 0.6) is 5.75 Å². The Morgan fingerprint density at radius 2 is 1.98 bits per heavy atom. The van der Waals surface area contributed by atoms with Crippen molar-refractivity contribution in [3.05, 3.63) is 53.0 Å². The summed E-state index contributed by atoms with van der Waals surface area (Å²) in [7, 11) is 0. The molecule has 2 amide bonds. The minimum atomic E-state index is -2.02. The second kappa shape index (κ2) is 14.5. The number of rotatable bonds is 14. The van der Waals surface area contributed by atoms with Crippen LogP contribution in [0.25, 0.3) is 0 Å². The number of amides is 2. The number of esters is 1. The first-order valence-corrected chi connectivity index (χ1v) is 13.6. The molecular formula is C29H34FN5O7. The monoisotopic (exact) mass is 583 g/mol. The molecule has 42 heavy (non-hydrogen) atoms. The molecular weight excluding hydrogens is 549 g/mol. The number of aromatic nitrogens is 1. The van der Waals surface area contributed by atoms with E-state index in [2.05, 4.69) is 15.6 Å². The molecule has 0 aliphatic heterocycles. The maximum atomic E-state index is 15.1. The predicted octanol–water partition coefficient (Wildman–Crippen LogP) is 2.94. The van der Waals surface area contributed by atoms with E-state index in [1.807, 2.05) is 6.07 Å². The van der Waals surface area contributed by atoms with Gasteiger partial charge in [0.25, 0.3) is 6.29 Å². The number of hydrogen-bond acceptors (Lipinski definition) is 10. The molecule has 1 saturated carbocycles. The first-order chi connectivity index (χ1) is 20.0. The lowest BCUT2D eigenvalue weighted by Crippen LogP contribution is -2.37. The smallest absolute Gasteiger partial charge is 0.323 e. The summed E-state index contributed by atoms with van der Waals surface area (Å²) >= 11 is 0. The van der Waals surface area contributed by atoms with E-state index in [0.717, 1.165) is 6.07 Å². The van der Waals surface area contributed by atoms with Gasteiger partial charge in [0, 0.05) is 36.6 Å². The molecule has 3 rings (SSSR count). The Balaban J connectivity index is 1.67. The number of aliphatic hydroxyl groups excluding tert-OH is 1. The number of nitrogens with one attached hydrogen (secondary N) is 2. The number of carbonyl (C=O) groups is 4. The number of carbonyl (C=O) groups excluding carboxylic acids is 4. The van der Waals surface area contributed by atoms with Crippen molar-refractivity contribution in [3.8, 4) is 11.8 Å². The summed E-state index contributed by atoms with van der Waals surface area (Å²) in [4.78, 5) is 53.5. The molecule has 1 aromatic heterocycles. The molecule has 1 aromatic carbocycles. The molecule has 1 aliphatic carbocycles.